The summed E-state index contributed by atoms with van der Waals surface area (Å²) in [5, 5.41) is 6.68. The zero-order valence-corrected chi connectivity index (χ0v) is 17.2. The van der Waals surface area contributed by atoms with E-state index in [0.717, 1.165) is 31.9 Å². The van der Waals surface area contributed by atoms with Gasteiger partial charge in [0.2, 0.25) is 0 Å². The first kappa shape index (κ1) is 23.2. The van der Waals surface area contributed by atoms with E-state index in [1.54, 1.807) is 19.2 Å². The second-order valence-corrected chi connectivity index (χ2v) is 6.64. The number of ether oxygens (including phenoxy) is 3. The largest absolute Gasteiger partial charge is 0.433 e. The van der Waals surface area contributed by atoms with E-state index in [9.17, 15) is 8.78 Å². The summed E-state index contributed by atoms with van der Waals surface area (Å²) in [4.78, 5) is 6.65. The molecule has 1 saturated heterocycles. The molecule has 1 unspecified atom stereocenters. The summed E-state index contributed by atoms with van der Waals surface area (Å²) in [6.45, 7) is 3.88. The van der Waals surface area contributed by atoms with E-state index in [1.807, 2.05) is 19.1 Å². The van der Waals surface area contributed by atoms with Crippen molar-refractivity contribution in [3.8, 4) is 5.75 Å². The molecule has 0 aromatic heterocycles. The average molecular weight is 414 g/mol. The number of methoxy groups -OCH3 is 1. The zero-order valence-electron chi connectivity index (χ0n) is 17.2. The van der Waals surface area contributed by atoms with Gasteiger partial charge in [0.05, 0.1) is 18.9 Å². The van der Waals surface area contributed by atoms with Gasteiger partial charge in [0.15, 0.2) is 5.96 Å². The van der Waals surface area contributed by atoms with E-state index in [4.69, 9.17) is 9.47 Å². The van der Waals surface area contributed by atoms with Gasteiger partial charge in [-0.2, -0.15) is 8.78 Å². The first-order valence-electron chi connectivity index (χ1n) is 10.0. The van der Waals surface area contributed by atoms with Crippen molar-refractivity contribution in [1.82, 2.24) is 10.6 Å². The lowest BCUT2D eigenvalue weighted by Crippen LogP contribution is -2.44. The molecule has 1 atom stereocenters. The van der Waals surface area contributed by atoms with Crippen molar-refractivity contribution in [3.63, 3.8) is 0 Å². The Balaban J connectivity index is 1.84. The normalized spacial score (nSPS) is 17.1. The van der Waals surface area contributed by atoms with Crippen molar-refractivity contribution in [2.24, 2.45) is 4.99 Å². The van der Waals surface area contributed by atoms with Crippen molar-refractivity contribution in [2.45, 2.75) is 32.4 Å². The maximum absolute atomic E-state index is 12.7. The number of halogens is 2. The number of guanidine groups is 1. The number of alkyl halides is 2. The fourth-order valence-electron chi connectivity index (χ4n) is 3.13. The smallest absolute Gasteiger partial charge is 0.387 e. The number of hydrogen-bond acceptors (Lipinski definition) is 5. The van der Waals surface area contributed by atoms with Crippen LogP contribution >= 0.6 is 0 Å². The van der Waals surface area contributed by atoms with E-state index < -0.39 is 6.61 Å². The highest BCUT2D eigenvalue weighted by atomic mass is 19.3. The lowest BCUT2D eigenvalue weighted by atomic mass is 10.2. The first-order chi connectivity index (χ1) is 14.1. The molecule has 2 N–H and O–H groups in total. The predicted octanol–water partition coefficient (Wildman–Crippen LogP) is 2.47. The Kier molecular flexibility index (Phi) is 10.5. The maximum Gasteiger partial charge on any atom is 0.387 e. The van der Waals surface area contributed by atoms with Crippen molar-refractivity contribution >= 4 is 11.6 Å². The fraction of sp³-hybridized carbons (Fsp3) is 0.650. The number of benzene rings is 1. The number of hydrogen-bond donors (Lipinski definition) is 2. The quantitative estimate of drug-likeness (QED) is 0.311. The summed E-state index contributed by atoms with van der Waals surface area (Å²) in [6, 6.07) is 7.08. The topological polar surface area (TPSA) is 67.4 Å². The Labute approximate surface area is 171 Å². The molecule has 1 heterocycles. The monoisotopic (exact) mass is 414 g/mol. The molecule has 0 aliphatic carbocycles. The molecule has 9 heteroatoms. The molecule has 1 aromatic rings. The number of para-hydroxylation sites is 2. The molecule has 0 radical (unpaired) electrons. The van der Waals surface area contributed by atoms with Crippen LogP contribution in [0.4, 0.5) is 14.5 Å². The Morgan fingerprint density at radius 2 is 2.10 bits per heavy atom. The second kappa shape index (κ2) is 13.2. The number of nitrogens with one attached hydrogen (secondary N) is 2. The third-order valence-corrected chi connectivity index (χ3v) is 4.44. The predicted molar refractivity (Wildman–Crippen MR) is 110 cm³/mol. The third-order valence-electron chi connectivity index (χ3n) is 4.44. The van der Waals surface area contributed by atoms with Crippen molar-refractivity contribution in [3.05, 3.63) is 24.3 Å². The minimum Gasteiger partial charge on any atom is -0.433 e. The summed E-state index contributed by atoms with van der Waals surface area (Å²) in [5.41, 5.74) is 0.687. The number of nitrogens with zero attached hydrogens (tertiary/aromatic N) is 2. The van der Waals surface area contributed by atoms with Gasteiger partial charge in [-0.05, 0) is 31.9 Å². The zero-order chi connectivity index (χ0) is 20.9. The van der Waals surface area contributed by atoms with Crippen LogP contribution in [-0.4, -0.2) is 71.7 Å². The van der Waals surface area contributed by atoms with Crippen molar-refractivity contribution < 1.29 is 23.0 Å². The lowest BCUT2D eigenvalue weighted by molar-refractivity contribution is -0.0495. The minimum atomic E-state index is -2.83. The molecule has 1 fully saturated rings. The number of rotatable bonds is 12. The van der Waals surface area contributed by atoms with Gasteiger partial charge in [0.1, 0.15) is 5.75 Å². The molecule has 1 aliphatic rings. The Bertz CT molecular complexity index is 619. The molecule has 7 nitrogen and oxygen atoms in total. The standard InChI is InChI=1S/C20H32F2N4O3/c1-3-23-20(24-10-6-12-28-14-13-27-2)25-16-9-11-26(15-16)17-7-4-5-8-18(17)29-19(21)22/h4-5,7-8,16,19H,3,6,9-15H2,1-2H3,(H2,23,24,25). The van der Waals surface area contributed by atoms with Gasteiger partial charge < -0.3 is 29.7 Å². The van der Waals surface area contributed by atoms with E-state index >= 15 is 0 Å². The highest BCUT2D eigenvalue weighted by Crippen LogP contribution is 2.31. The van der Waals surface area contributed by atoms with Crippen LogP contribution in [0.2, 0.25) is 0 Å². The van der Waals surface area contributed by atoms with Crippen LogP contribution in [0.25, 0.3) is 0 Å². The molecule has 29 heavy (non-hydrogen) atoms. The van der Waals surface area contributed by atoms with E-state index in [-0.39, 0.29) is 11.8 Å². The lowest BCUT2D eigenvalue weighted by Gasteiger charge is -2.22. The molecule has 2 rings (SSSR count). The van der Waals surface area contributed by atoms with Gasteiger partial charge in [-0.1, -0.05) is 12.1 Å². The summed E-state index contributed by atoms with van der Waals surface area (Å²) < 4.78 is 40.4. The van der Waals surface area contributed by atoms with Crippen LogP contribution in [0, 0.1) is 0 Å². The van der Waals surface area contributed by atoms with Gasteiger partial charge in [-0.25, -0.2) is 0 Å². The van der Waals surface area contributed by atoms with Gasteiger partial charge in [0, 0.05) is 45.9 Å². The number of anilines is 1. The Morgan fingerprint density at radius 3 is 2.86 bits per heavy atom. The van der Waals surface area contributed by atoms with E-state index in [2.05, 4.69) is 25.3 Å². The van der Waals surface area contributed by atoms with Gasteiger partial charge >= 0.3 is 6.61 Å². The fourth-order valence-corrected chi connectivity index (χ4v) is 3.13. The van der Waals surface area contributed by atoms with Crippen LogP contribution in [0.15, 0.2) is 29.3 Å². The Morgan fingerprint density at radius 1 is 1.28 bits per heavy atom. The van der Waals surface area contributed by atoms with Crippen molar-refractivity contribution in [1.29, 1.82) is 0 Å². The molecular weight excluding hydrogens is 382 g/mol. The Hall–Kier alpha value is -2.13. The first-order valence-corrected chi connectivity index (χ1v) is 10.0. The van der Waals surface area contributed by atoms with Gasteiger partial charge in [-0.15, -0.1) is 0 Å². The molecule has 0 amide bonds. The summed E-state index contributed by atoms with van der Waals surface area (Å²) in [5.74, 6) is 0.963. The molecule has 164 valence electrons. The highest BCUT2D eigenvalue weighted by Gasteiger charge is 2.26. The van der Waals surface area contributed by atoms with Crippen LogP contribution in [-0.2, 0) is 9.47 Å². The molecule has 0 bridgehead atoms. The molecular formula is C20H32F2N4O3. The molecule has 0 spiro atoms. The second-order valence-electron chi connectivity index (χ2n) is 6.64. The van der Waals surface area contributed by atoms with Gasteiger partial charge in [-0.3, -0.25) is 4.99 Å². The number of aliphatic imine (C=N–C) groups is 1. The van der Waals surface area contributed by atoms with Crippen LogP contribution in [0.1, 0.15) is 19.8 Å². The summed E-state index contributed by atoms with van der Waals surface area (Å²) >= 11 is 0. The molecule has 0 saturated carbocycles. The van der Waals surface area contributed by atoms with E-state index in [1.165, 1.54) is 0 Å². The van der Waals surface area contributed by atoms with Crippen molar-refractivity contribution in [2.75, 3.05) is 58.0 Å². The molecule has 1 aliphatic heterocycles. The average Bonchev–Trinajstić information content (AvgIpc) is 3.15. The molecule has 1 aromatic carbocycles. The van der Waals surface area contributed by atoms with E-state index in [0.29, 0.717) is 38.6 Å². The SMILES string of the molecule is CCNC(=NCCCOCCOC)NC1CCN(c2ccccc2OC(F)F)C1. The summed E-state index contributed by atoms with van der Waals surface area (Å²) in [7, 11) is 1.65. The highest BCUT2D eigenvalue weighted by molar-refractivity contribution is 5.80. The van der Waals surface area contributed by atoms with Crippen LogP contribution in [0.3, 0.4) is 0 Å². The van der Waals surface area contributed by atoms with Crippen LogP contribution in [0.5, 0.6) is 5.75 Å². The minimum absolute atomic E-state index is 0.172. The third kappa shape index (κ3) is 8.41. The summed E-state index contributed by atoms with van der Waals surface area (Å²) in [6.07, 6.45) is 1.71. The van der Waals surface area contributed by atoms with Crippen LogP contribution < -0.4 is 20.3 Å². The van der Waals surface area contributed by atoms with Gasteiger partial charge in [0.25, 0.3) is 0 Å². The maximum atomic E-state index is 12.7.